The van der Waals surface area contributed by atoms with Crippen molar-refractivity contribution >= 4 is 33.2 Å². The molecule has 362 valence electrons. The number of allylic oxidation sites excluding steroid dienone is 2. The van der Waals surface area contributed by atoms with Crippen LogP contribution < -0.4 is 14.5 Å². The molecule has 7 aromatic carbocycles. The van der Waals surface area contributed by atoms with Gasteiger partial charge in [0.05, 0.1) is 0 Å². The molecule has 0 bridgehead atoms. The average molecular weight is 1110 g/mol. The van der Waals surface area contributed by atoms with Gasteiger partial charge in [-0.25, -0.2) is 4.98 Å². The zero-order valence-electron chi connectivity index (χ0n) is 42.8. The minimum Gasteiger partial charge on any atom is -0.509 e. The van der Waals surface area contributed by atoms with Crippen molar-refractivity contribution in [2.24, 2.45) is 10.8 Å². The number of benzene rings is 7. The van der Waals surface area contributed by atoms with E-state index < -0.39 is 0 Å². The molecule has 0 amide bonds. The van der Waals surface area contributed by atoms with Crippen molar-refractivity contribution in [3.05, 3.63) is 223 Å². The second kappa shape index (κ2) is 18.8. The van der Waals surface area contributed by atoms with Gasteiger partial charge in [0.1, 0.15) is 5.82 Å². The summed E-state index contributed by atoms with van der Waals surface area (Å²) in [5, 5.41) is 2.22. The Morgan fingerprint density at radius 3 is 1.69 bits per heavy atom. The van der Waals surface area contributed by atoms with E-state index in [0.29, 0.717) is 11.5 Å². The molecule has 0 aliphatic carbocycles. The van der Waals surface area contributed by atoms with Crippen LogP contribution in [-0.2, 0) is 31.9 Å². The normalized spacial score (nSPS) is 13.6. The Hall–Kier alpha value is -6.68. The minimum absolute atomic E-state index is 0. The molecule has 0 atom stereocenters. The van der Waals surface area contributed by atoms with Crippen LogP contribution in [0, 0.1) is 29.6 Å². The smallest absolute Gasteiger partial charge is 0.135 e. The summed E-state index contributed by atoms with van der Waals surface area (Å²) in [6, 6.07) is 68.1. The SMILES string of the molecule is CC(C)(C)C1=C(C(C)(C)C)N(c2cc(-c3ccccc3)cc(C(C)(C)c3ccccc3)c2)[CH-]N1c1[c-]c(Oc2[c-]c3c(cc2)c2ccccc2n3-c2cc(C(C)(C)C)ccn2)cc(-c2ccccc2)c1.[Pt]. The van der Waals surface area contributed by atoms with Gasteiger partial charge in [0.25, 0.3) is 0 Å². The minimum atomic E-state index is -0.279. The van der Waals surface area contributed by atoms with E-state index in [4.69, 9.17) is 9.72 Å². The summed E-state index contributed by atoms with van der Waals surface area (Å²) in [7, 11) is 0. The zero-order valence-corrected chi connectivity index (χ0v) is 45.1. The van der Waals surface area contributed by atoms with Gasteiger partial charge in [0, 0.05) is 77.6 Å². The van der Waals surface area contributed by atoms with Gasteiger partial charge in [-0.15, -0.1) is 53.6 Å². The number of para-hydroxylation sites is 1. The number of rotatable bonds is 9. The number of pyridine rings is 1. The van der Waals surface area contributed by atoms with E-state index in [-0.39, 0.29) is 42.7 Å². The molecule has 0 radical (unpaired) electrons. The first-order valence-electron chi connectivity index (χ1n) is 24.5. The molecular weight excluding hydrogens is 1050 g/mol. The Labute approximate surface area is 436 Å². The van der Waals surface area contributed by atoms with E-state index in [1.54, 1.807) is 0 Å². The van der Waals surface area contributed by atoms with Crippen molar-refractivity contribution in [3.8, 4) is 39.6 Å². The third-order valence-corrected chi connectivity index (χ3v) is 13.7. The molecule has 0 saturated heterocycles. The number of anilines is 2. The standard InChI is InChI=1S/C65H63N4O.Pt/c1-62(2,3)49-33-34-66-59(40-49)69-57-30-22-21-29-55(57)56-32-31-53(42-58(56)69)70-54-38-47(45-25-17-13-18-26-45)37-52(41-54)68-43-67(60(63(4,5)6)61(68)64(7,8)9)51-36-46(44-23-15-12-16-24-44)35-50(39-51)65(10,11)48-27-19-14-20-28-48;/h12-40,43H,1-11H3;/q-3;. The van der Waals surface area contributed by atoms with Crippen LogP contribution in [0.3, 0.4) is 0 Å². The van der Waals surface area contributed by atoms with E-state index in [1.807, 2.05) is 12.3 Å². The second-order valence-electron chi connectivity index (χ2n) is 22.4. The quantitative estimate of drug-likeness (QED) is 0.135. The van der Waals surface area contributed by atoms with Gasteiger partial charge in [0.2, 0.25) is 0 Å². The molecule has 71 heavy (non-hydrogen) atoms. The number of nitrogens with zero attached hydrogens (tertiary/aromatic N) is 4. The largest absolute Gasteiger partial charge is 0.509 e. The van der Waals surface area contributed by atoms with Crippen molar-refractivity contribution in [1.29, 1.82) is 0 Å². The van der Waals surface area contributed by atoms with Crippen LogP contribution in [-0.4, -0.2) is 9.55 Å². The Morgan fingerprint density at radius 1 is 0.465 bits per heavy atom. The molecule has 0 spiro atoms. The van der Waals surface area contributed by atoms with Crippen molar-refractivity contribution in [3.63, 3.8) is 0 Å². The Balaban J connectivity index is 0.00000624. The molecule has 5 nitrogen and oxygen atoms in total. The summed E-state index contributed by atoms with van der Waals surface area (Å²) in [4.78, 5) is 9.71. The van der Waals surface area contributed by atoms with Crippen LogP contribution in [0.1, 0.15) is 92.9 Å². The predicted molar refractivity (Wildman–Crippen MR) is 293 cm³/mol. The third-order valence-electron chi connectivity index (χ3n) is 13.7. The molecule has 6 heteroatoms. The van der Waals surface area contributed by atoms with E-state index >= 15 is 0 Å². The van der Waals surface area contributed by atoms with E-state index in [9.17, 15) is 0 Å². The topological polar surface area (TPSA) is 33.5 Å². The fourth-order valence-electron chi connectivity index (χ4n) is 10.0. The van der Waals surface area contributed by atoms with E-state index in [1.165, 1.54) is 39.2 Å². The fraction of sp³-hybridized carbons (Fsp3) is 0.231. The van der Waals surface area contributed by atoms with Crippen molar-refractivity contribution < 1.29 is 25.8 Å². The molecule has 0 fully saturated rings. The van der Waals surface area contributed by atoms with Crippen LogP contribution in [0.25, 0.3) is 49.9 Å². The maximum Gasteiger partial charge on any atom is 0.135 e. The number of ether oxygens (including phenoxy) is 1. The summed E-state index contributed by atoms with van der Waals surface area (Å²) in [5.74, 6) is 2.04. The molecule has 3 heterocycles. The Kier molecular flexibility index (Phi) is 13.1. The summed E-state index contributed by atoms with van der Waals surface area (Å²) in [6.07, 6.45) is 1.91. The van der Waals surface area contributed by atoms with Gasteiger partial charge in [0.15, 0.2) is 0 Å². The average Bonchev–Trinajstić information content (AvgIpc) is 3.93. The molecule has 2 aromatic heterocycles. The van der Waals surface area contributed by atoms with Crippen molar-refractivity contribution in [2.75, 3.05) is 9.80 Å². The summed E-state index contributed by atoms with van der Waals surface area (Å²) in [5.41, 5.74) is 13.7. The van der Waals surface area contributed by atoms with Crippen LogP contribution in [0.5, 0.6) is 11.5 Å². The Morgan fingerprint density at radius 2 is 1.06 bits per heavy atom. The van der Waals surface area contributed by atoms with Crippen LogP contribution >= 0.6 is 0 Å². The monoisotopic (exact) mass is 1110 g/mol. The zero-order chi connectivity index (χ0) is 49.2. The maximum atomic E-state index is 6.99. The van der Waals surface area contributed by atoms with Gasteiger partial charge >= 0.3 is 0 Å². The number of aromatic nitrogens is 2. The molecule has 10 rings (SSSR count). The maximum absolute atomic E-state index is 6.99. The number of hydrogen-bond donors (Lipinski definition) is 0. The first-order valence-corrected chi connectivity index (χ1v) is 24.5. The van der Waals surface area contributed by atoms with Crippen molar-refractivity contribution in [1.82, 2.24) is 9.55 Å². The molecule has 0 unspecified atom stereocenters. The molecule has 1 aliphatic heterocycles. The Bertz CT molecular complexity index is 3410. The van der Waals surface area contributed by atoms with Crippen LogP contribution in [0.15, 0.2) is 187 Å². The molecular formula is C65H63N4OPt-3. The van der Waals surface area contributed by atoms with E-state index in [2.05, 4.69) is 273 Å². The summed E-state index contributed by atoms with van der Waals surface area (Å²) in [6.45, 7) is 27.6. The first kappa shape index (κ1) is 49.3. The fourth-order valence-corrected chi connectivity index (χ4v) is 10.0. The van der Waals surface area contributed by atoms with Crippen LogP contribution in [0.4, 0.5) is 11.4 Å². The molecule has 0 N–H and O–H groups in total. The number of hydrogen-bond acceptors (Lipinski definition) is 4. The van der Waals surface area contributed by atoms with Crippen LogP contribution in [0.2, 0.25) is 0 Å². The second-order valence-corrected chi connectivity index (χ2v) is 22.4. The summed E-state index contributed by atoms with van der Waals surface area (Å²) < 4.78 is 9.20. The molecule has 1 aliphatic rings. The van der Waals surface area contributed by atoms with E-state index in [0.717, 1.165) is 50.1 Å². The van der Waals surface area contributed by atoms with Gasteiger partial charge in [-0.05, 0) is 74.5 Å². The molecule has 9 aromatic rings. The first-order chi connectivity index (χ1) is 33.3. The van der Waals surface area contributed by atoms with Gasteiger partial charge < -0.3 is 19.1 Å². The van der Waals surface area contributed by atoms with Crippen molar-refractivity contribution in [2.45, 2.75) is 87.0 Å². The van der Waals surface area contributed by atoms with Gasteiger partial charge in [-0.3, -0.25) is 0 Å². The summed E-state index contributed by atoms with van der Waals surface area (Å²) >= 11 is 0. The number of fused-ring (bicyclic) bond motifs is 3. The molecule has 0 saturated carbocycles. The van der Waals surface area contributed by atoms with Gasteiger partial charge in [-0.1, -0.05) is 197 Å². The van der Waals surface area contributed by atoms with Gasteiger partial charge in [-0.2, -0.15) is 6.07 Å². The third kappa shape index (κ3) is 9.62. The predicted octanol–water partition coefficient (Wildman–Crippen LogP) is 17.3.